The number of benzene rings is 1. The normalized spacial score (nSPS) is 21.5. The summed E-state index contributed by atoms with van der Waals surface area (Å²) in [5.74, 6) is 0. The number of hydrogen-bond donors (Lipinski definition) is 0. The molecule has 1 saturated heterocycles. The molecule has 0 spiro atoms. The Morgan fingerprint density at radius 1 is 1.31 bits per heavy atom. The predicted molar refractivity (Wildman–Crippen MR) is 72.2 cm³/mol. The van der Waals surface area contributed by atoms with Gasteiger partial charge in [0.25, 0.3) is 0 Å². The lowest BCUT2D eigenvalue weighted by Crippen LogP contribution is -2.36. The van der Waals surface area contributed by atoms with Gasteiger partial charge in [-0.2, -0.15) is 0 Å². The third kappa shape index (κ3) is 3.50. The number of aryl methyl sites for hydroxylation is 1. The molecule has 0 saturated carbocycles. The fraction of sp³-hybridized carbons (Fsp3) is 0.571. The Morgan fingerprint density at radius 2 is 2.12 bits per heavy atom. The Morgan fingerprint density at radius 3 is 2.81 bits per heavy atom. The van der Waals surface area contributed by atoms with Crippen LogP contribution in [0.25, 0.3) is 0 Å². The molecule has 2 heteroatoms. The second kappa shape index (κ2) is 6.27. The highest BCUT2D eigenvalue weighted by atomic mass is 35.5. The maximum absolute atomic E-state index is 2.61. The molecule has 1 aromatic carbocycles. The first-order chi connectivity index (χ1) is 7.25. The van der Waals surface area contributed by atoms with E-state index in [1.165, 1.54) is 36.9 Å². The van der Waals surface area contributed by atoms with Crippen LogP contribution in [-0.2, 0) is 6.54 Å². The molecular weight excluding hydrogens is 218 g/mol. The van der Waals surface area contributed by atoms with Crippen LogP contribution in [-0.4, -0.2) is 17.5 Å². The molecule has 1 unspecified atom stereocenters. The number of nitrogens with zero attached hydrogens (tertiary/aromatic N) is 1. The van der Waals surface area contributed by atoms with Gasteiger partial charge in [-0.15, -0.1) is 12.4 Å². The van der Waals surface area contributed by atoms with Crippen LogP contribution in [0.1, 0.15) is 37.3 Å². The molecule has 0 aromatic heterocycles. The van der Waals surface area contributed by atoms with Crippen molar-refractivity contribution < 1.29 is 0 Å². The molecule has 1 nitrogen and oxygen atoms in total. The average molecular weight is 240 g/mol. The summed E-state index contributed by atoms with van der Waals surface area (Å²) in [6.45, 7) is 6.93. The minimum atomic E-state index is 0. The van der Waals surface area contributed by atoms with Crippen LogP contribution >= 0.6 is 12.4 Å². The number of rotatable bonds is 2. The van der Waals surface area contributed by atoms with Crippen molar-refractivity contribution in [2.45, 2.75) is 45.7 Å². The van der Waals surface area contributed by atoms with E-state index in [1.807, 2.05) is 0 Å². The molecule has 2 rings (SSSR count). The van der Waals surface area contributed by atoms with Crippen molar-refractivity contribution in [3.8, 4) is 0 Å². The summed E-state index contributed by atoms with van der Waals surface area (Å²) in [4.78, 5) is 2.61. The first-order valence-corrected chi connectivity index (χ1v) is 6.05. The fourth-order valence-electron chi connectivity index (χ4n) is 2.44. The van der Waals surface area contributed by atoms with E-state index >= 15 is 0 Å². The highest BCUT2D eigenvalue weighted by Gasteiger charge is 2.17. The van der Waals surface area contributed by atoms with Gasteiger partial charge in [-0.1, -0.05) is 36.2 Å². The molecule has 1 aromatic rings. The van der Waals surface area contributed by atoms with Crippen molar-refractivity contribution in [3.05, 3.63) is 35.4 Å². The van der Waals surface area contributed by atoms with Crippen molar-refractivity contribution in [1.82, 2.24) is 4.90 Å². The predicted octanol–water partition coefficient (Wildman–Crippen LogP) is 3.79. The minimum Gasteiger partial charge on any atom is -0.296 e. The zero-order chi connectivity index (χ0) is 10.7. The van der Waals surface area contributed by atoms with Crippen molar-refractivity contribution in [2.75, 3.05) is 6.54 Å². The molecule has 1 fully saturated rings. The van der Waals surface area contributed by atoms with Gasteiger partial charge >= 0.3 is 0 Å². The molecule has 90 valence electrons. The van der Waals surface area contributed by atoms with Gasteiger partial charge in [0.2, 0.25) is 0 Å². The summed E-state index contributed by atoms with van der Waals surface area (Å²) in [6.07, 6.45) is 4.15. The Bertz CT molecular complexity index is 324. The van der Waals surface area contributed by atoms with E-state index < -0.39 is 0 Å². The summed E-state index contributed by atoms with van der Waals surface area (Å²) >= 11 is 0. The zero-order valence-electron chi connectivity index (χ0n) is 10.3. The highest BCUT2D eigenvalue weighted by molar-refractivity contribution is 5.85. The van der Waals surface area contributed by atoms with Gasteiger partial charge in [0.15, 0.2) is 0 Å². The topological polar surface area (TPSA) is 3.24 Å². The fourth-order valence-corrected chi connectivity index (χ4v) is 2.44. The van der Waals surface area contributed by atoms with Crippen molar-refractivity contribution in [2.24, 2.45) is 0 Å². The van der Waals surface area contributed by atoms with Crippen molar-refractivity contribution in [3.63, 3.8) is 0 Å². The number of piperidine rings is 1. The zero-order valence-corrected chi connectivity index (χ0v) is 11.1. The van der Waals surface area contributed by atoms with E-state index in [-0.39, 0.29) is 12.4 Å². The third-order valence-electron chi connectivity index (χ3n) is 3.41. The average Bonchev–Trinajstić information content (AvgIpc) is 2.22. The number of hydrogen-bond acceptors (Lipinski definition) is 1. The van der Waals surface area contributed by atoms with Gasteiger partial charge in [-0.3, -0.25) is 4.90 Å². The lowest BCUT2D eigenvalue weighted by Gasteiger charge is -2.33. The Balaban J connectivity index is 0.00000128. The quantitative estimate of drug-likeness (QED) is 0.759. The van der Waals surface area contributed by atoms with Crippen molar-refractivity contribution in [1.29, 1.82) is 0 Å². The van der Waals surface area contributed by atoms with E-state index in [2.05, 4.69) is 43.0 Å². The SMILES string of the molecule is Cc1cccc(CN2CCCCC2C)c1.Cl. The van der Waals surface area contributed by atoms with E-state index in [4.69, 9.17) is 0 Å². The molecule has 1 heterocycles. The summed E-state index contributed by atoms with van der Waals surface area (Å²) < 4.78 is 0. The second-order valence-corrected chi connectivity index (χ2v) is 4.80. The maximum Gasteiger partial charge on any atom is 0.0236 e. The van der Waals surface area contributed by atoms with Gasteiger partial charge in [-0.05, 0) is 38.8 Å². The minimum absolute atomic E-state index is 0. The van der Waals surface area contributed by atoms with Crippen LogP contribution < -0.4 is 0 Å². The summed E-state index contributed by atoms with van der Waals surface area (Å²) in [5.41, 5.74) is 2.83. The van der Waals surface area contributed by atoms with E-state index in [1.54, 1.807) is 0 Å². The Hall–Kier alpha value is -0.530. The van der Waals surface area contributed by atoms with Crippen LogP contribution in [0.3, 0.4) is 0 Å². The van der Waals surface area contributed by atoms with E-state index in [9.17, 15) is 0 Å². The molecule has 0 aliphatic carbocycles. The largest absolute Gasteiger partial charge is 0.296 e. The maximum atomic E-state index is 2.61. The molecule has 0 bridgehead atoms. The number of halogens is 1. The summed E-state index contributed by atoms with van der Waals surface area (Å²) in [7, 11) is 0. The lowest BCUT2D eigenvalue weighted by molar-refractivity contribution is 0.152. The standard InChI is InChI=1S/C14H21N.ClH/c1-12-6-5-8-14(10-12)11-15-9-4-3-7-13(15)2;/h5-6,8,10,13H,3-4,7,9,11H2,1-2H3;1H. The molecule has 0 radical (unpaired) electrons. The second-order valence-electron chi connectivity index (χ2n) is 4.80. The number of likely N-dealkylation sites (tertiary alicyclic amines) is 1. The monoisotopic (exact) mass is 239 g/mol. The van der Waals surface area contributed by atoms with Crippen LogP contribution in [0, 0.1) is 6.92 Å². The van der Waals surface area contributed by atoms with Gasteiger partial charge in [-0.25, -0.2) is 0 Å². The van der Waals surface area contributed by atoms with Crippen LogP contribution in [0.5, 0.6) is 0 Å². The lowest BCUT2D eigenvalue weighted by atomic mass is 10.0. The Labute approximate surface area is 105 Å². The molecule has 0 N–H and O–H groups in total. The van der Waals surface area contributed by atoms with Gasteiger partial charge < -0.3 is 0 Å². The smallest absolute Gasteiger partial charge is 0.0236 e. The molecule has 16 heavy (non-hydrogen) atoms. The first kappa shape index (κ1) is 13.5. The summed E-state index contributed by atoms with van der Waals surface area (Å²) in [6, 6.07) is 9.65. The first-order valence-electron chi connectivity index (χ1n) is 6.05. The van der Waals surface area contributed by atoms with Gasteiger partial charge in [0.1, 0.15) is 0 Å². The molecule has 1 aliphatic rings. The van der Waals surface area contributed by atoms with E-state index in [0.29, 0.717) is 0 Å². The highest BCUT2D eigenvalue weighted by Crippen LogP contribution is 2.19. The molecular formula is C14H22ClN. The summed E-state index contributed by atoms with van der Waals surface area (Å²) in [5, 5.41) is 0. The van der Waals surface area contributed by atoms with Crippen molar-refractivity contribution >= 4 is 12.4 Å². The Kier molecular flexibility index (Phi) is 5.30. The third-order valence-corrected chi connectivity index (χ3v) is 3.41. The van der Waals surface area contributed by atoms with Gasteiger partial charge in [0.05, 0.1) is 0 Å². The van der Waals surface area contributed by atoms with E-state index in [0.717, 1.165) is 12.6 Å². The van der Waals surface area contributed by atoms with Gasteiger partial charge in [0, 0.05) is 12.6 Å². The molecule has 1 atom stereocenters. The van der Waals surface area contributed by atoms with Crippen LogP contribution in [0.2, 0.25) is 0 Å². The van der Waals surface area contributed by atoms with Crippen LogP contribution in [0.4, 0.5) is 0 Å². The molecule has 1 aliphatic heterocycles. The molecule has 0 amide bonds. The van der Waals surface area contributed by atoms with Crippen LogP contribution in [0.15, 0.2) is 24.3 Å².